The molecule has 1 aromatic carbocycles. The summed E-state index contributed by atoms with van der Waals surface area (Å²) >= 11 is 1.19. The Morgan fingerprint density at radius 1 is 1.32 bits per heavy atom. The molecular formula is C12H9N3O3S. The third-order valence-electron chi connectivity index (χ3n) is 2.47. The maximum absolute atomic E-state index is 8.49. The predicted octanol–water partition coefficient (Wildman–Crippen LogP) is 2.20. The van der Waals surface area contributed by atoms with Gasteiger partial charge in [-0.3, -0.25) is 0 Å². The molecule has 0 radical (unpaired) electrons. The zero-order valence-corrected chi connectivity index (χ0v) is 10.6. The number of para-hydroxylation sites is 2. The molecule has 1 aliphatic heterocycles. The van der Waals surface area contributed by atoms with E-state index in [1.807, 2.05) is 30.3 Å². The highest BCUT2D eigenvalue weighted by Gasteiger charge is 2.27. The first-order chi connectivity index (χ1) is 9.36. The van der Waals surface area contributed by atoms with Crippen molar-refractivity contribution in [1.29, 1.82) is 5.26 Å². The van der Waals surface area contributed by atoms with Crippen LogP contribution in [0.5, 0.6) is 11.5 Å². The van der Waals surface area contributed by atoms with Crippen molar-refractivity contribution in [3.8, 4) is 17.6 Å². The summed E-state index contributed by atoms with van der Waals surface area (Å²) in [4.78, 5) is 0. The summed E-state index contributed by atoms with van der Waals surface area (Å²) in [5.41, 5.74) is 0. The molecule has 96 valence electrons. The van der Waals surface area contributed by atoms with Crippen molar-refractivity contribution >= 4 is 11.8 Å². The van der Waals surface area contributed by atoms with Gasteiger partial charge in [-0.1, -0.05) is 23.9 Å². The van der Waals surface area contributed by atoms with E-state index in [0.717, 1.165) is 0 Å². The number of hydrogen-bond donors (Lipinski definition) is 0. The molecule has 1 aromatic heterocycles. The molecule has 6 nitrogen and oxygen atoms in total. The van der Waals surface area contributed by atoms with E-state index in [2.05, 4.69) is 10.2 Å². The fourth-order valence-electron chi connectivity index (χ4n) is 1.64. The zero-order valence-electron chi connectivity index (χ0n) is 9.78. The number of nitrogens with zero attached hydrogens (tertiary/aromatic N) is 3. The maximum Gasteiger partial charge on any atom is 0.277 e. The van der Waals surface area contributed by atoms with Gasteiger partial charge in [-0.15, -0.1) is 10.2 Å². The molecule has 19 heavy (non-hydrogen) atoms. The molecule has 2 heterocycles. The van der Waals surface area contributed by atoms with Crippen LogP contribution in [0.25, 0.3) is 0 Å². The van der Waals surface area contributed by atoms with Gasteiger partial charge in [0.1, 0.15) is 6.61 Å². The van der Waals surface area contributed by atoms with Crippen molar-refractivity contribution in [1.82, 2.24) is 10.2 Å². The molecule has 0 unspecified atom stereocenters. The highest BCUT2D eigenvalue weighted by molar-refractivity contribution is 7.99. The van der Waals surface area contributed by atoms with Gasteiger partial charge in [-0.05, 0) is 12.1 Å². The minimum absolute atomic E-state index is 0.270. The second-order valence-corrected chi connectivity index (χ2v) is 4.64. The Morgan fingerprint density at radius 2 is 2.16 bits per heavy atom. The quantitative estimate of drug-likeness (QED) is 0.794. The van der Waals surface area contributed by atoms with Crippen LogP contribution in [0, 0.1) is 11.3 Å². The van der Waals surface area contributed by atoms with Crippen LogP contribution in [0.15, 0.2) is 33.9 Å². The molecule has 0 saturated carbocycles. The molecule has 0 fully saturated rings. The van der Waals surface area contributed by atoms with E-state index in [0.29, 0.717) is 29.2 Å². The highest BCUT2D eigenvalue weighted by Crippen LogP contribution is 2.35. The van der Waals surface area contributed by atoms with E-state index in [1.165, 1.54) is 11.8 Å². The summed E-state index contributed by atoms with van der Waals surface area (Å²) in [6.45, 7) is 0.321. The van der Waals surface area contributed by atoms with Crippen LogP contribution in [-0.2, 0) is 0 Å². The van der Waals surface area contributed by atoms with Crippen LogP contribution in [0.2, 0.25) is 0 Å². The molecule has 0 bridgehead atoms. The lowest BCUT2D eigenvalue weighted by Gasteiger charge is -2.23. The molecule has 0 aliphatic carbocycles. The topological polar surface area (TPSA) is 81.2 Å². The van der Waals surface area contributed by atoms with Gasteiger partial charge in [0, 0.05) is 0 Å². The van der Waals surface area contributed by atoms with Crippen molar-refractivity contribution < 1.29 is 13.9 Å². The van der Waals surface area contributed by atoms with Crippen molar-refractivity contribution in [2.75, 3.05) is 12.4 Å². The van der Waals surface area contributed by atoms with Crippen LogP contribution in [0.1, 0.15) is 12.0 Å². The van der Waals surface area contributed by atoms with Gasteiger partial charge in [-0.25, -0.2) is 0 Å². The van der Waals surface area contributed by atoms with Gasteiger partial charge in [-0.2, -0.15) is 5.26 Å². The number of fused-ring (bicyclic) bond motifs is 1. The van der Waals surface area contributed by atoms with Gasteiger partial charge in [0.2, 0.25) is 6.10 Å². The molecular weight excluding hydrogens is 266 g/mol. The third-order valence-corrected chi connectivity index (χ3v) is 3.15. The first-order valence-corrected chi connectivity index (χ1v) is 6.57. The second kappa shape index (κ2) is 5.20. The average Bonchev–Trinajstić information content (AvgIpc) is 2.93. The zero-order chi connectivity index (χ0) is 13.1. The molecule has 1 aliphatic rings. The van der Waals surface area contributed by atoms with Crippen LogP contribution >= 0.6 is 11.8 Å². The molecule has 0 N–H and O–H groups in total. The van der Waals surface area contributed by atoms with Crippen LogP contribution in [0.4, 0.5) is 0 Å². The van der Waals surface area contributed by atoms with E-state index in [-0.39, 0.29) is 5.75 Å². The standard InChI is InChI=1S/C12H9N3O3S/c13-5-6-19-12-15-14-11(18-12)10-7-16-8-3-1-2-4-9(8)17-10/h1-4,10H,6-7H2/t10-/m1/s1. The lowest BCUT2D eigenvalue weighted by Crippen LogP contribution is -2.21. The van der Waals surface area contributed by atoms with Crippen LogP contribution in [-0.4, -0.2) is 22.6 Å². The number of ether oxygens (including phenoxy) is 2. The SMILES string of the molecule is N#CCSc1nnc([C@H]2COc3ccccc3O2)o1. The van der Waals surface area contributed by atoms with Crippen LogP contribution < -0.4 is 9.47 Å². The maximum atomic E-state index is 8.49. The second-order valence-electron chi connectivity index (χ2n) is 3.72. The van der Waals surface area contributed by atoms with Gasteiger partial charge in [0.25, 0.3) is 11.1 Å². The van der Waals surface area contributed by atoms with E-state index in [1.54, 1.807) is 0 Å². The number of thioether (sulfide) groups is 1. The summed E-state index contributed by atoms with van der Waals surface area (Å²) in [7, 11) is 0. The van der Waals surface area contributed by atoms with Crippen molar-refractivity contribution in [2.45, 2.75) is 11.3 Å². The normalized spacial score (nSPS) is 16.9. The van der Waals surface area contributed by atoms with E-state index >= 15 is 0 Å². The monoisotopic (exact) mass is 275 g/mol. The Morgan fingerprint density at radius 3 is 3.00 bits per heavy atom. The van der Waals surface area contributed by atoms with Gasteiger partial charge >= 0.3 is 0 Å². The first kappa shape index (κ1) is 11.9. The molecule has 2 aromatic rings. The van der Waals surface area contributed by atoms with Gasteiger partial charge in [0.15, 0.2) is 11.5 Å². The minimum atomic E-state index is -0.418. The molecule has 7 heteroatoms. The van der Waals surface area contributed by atoms with E-state index < -0.39 is 6.10 Å². The summed E-state index contributed by atoms with van der Waals surface area (Å²) in [5, 5.41) is 16.6. The number of rotatable bonds is 3. The lowest BCUT2D eigenvalue weighted by atomic mass is 10.2. The molecule has 3 rings (SSSR count). The van der Waals surface area contributed by atoms with Crippen molar-refractivity contribution in [3.63, 3.8) is 0 Å². The highest BCUT2D eigenvalue weighted by atomic mass is 32.2. The van der Waals surface area contributed by atoms with Gasteiger partial charge in [0.05, 0.1) is 11.8 Å². The number of benzene rings is 1. The average molecular weight is 275 g/mol. The number of nitriles is 1. The van der Waals surface area contributed by atoms with E-state index in [4.69, 9.17) is 19.2 Å². The molecule has 0 amide bonds. The third kappa shape index (κ3) is 2.48. The molecule has 0 spiro atoms. The fourth-order valence-corrected chi connectivity index (χ4v) is 2.07. The Kier molecular flexibility index (Phi) is 3.25. The number of aromatic nitrogens is 2. The smallest absolute Gasteiger partial charge is 0.277 e. The summed E-state index contributed by atoms with van der Waals surface area (Å²) in [6, 6.07) is 9.41. The van der Waals surface area contributed by atoms with Crippen molar-refractivity contribution in [2.24, 2.45) is 0 Å². The van der Waals surface area contributed by atoms with E-state index in [9.17, 15) is 0 Å². The summed E-state index contributed by atoms with van der Waals surface area (Å²) in [5.74, 6) is 1.99. The fraction of sp³-hybridized carbons (Fsp3) is 0.250. The number of hydrogen-bond acceptors (Lipinski definition) is 7. The minimum Gasteiger partial charge on any atom is -0.485 e. The predicted molar refractivity (Wildman–Crippen MR) is 65.9 cm³/mol. The van der Waals surface area contributed by atoms with Gasteiger partial charge < -0.3 is 13.9 Å². The largest absolute Gasteiger partial charge is 0.485 e. The summed E-state index contributed by atoms with van der Waals surface area (Å²) in [6.07, 6.45) is -0.418. The molecule has 1 atom stereocenters. The lowest BCUT2D eigenvalue weighted by molar-refractivity contribution is 0.0686. The summed E-state index contributed by atoms with van der Waals surface area (Å²) < 4.78 is 16.7. The Balaban J connectivity index is 1.74. The van der Waals surface area contributed by atoms with Crippen LogP contribution in [0.3, 0.4) is 0 Å². The Labute approximate surface area is 113 Å². The molecule has 0 saturated heterocycles. The Bertz CT molecular complexity index is 623. The first-order valence-electron chi connectivity index (χ1n) is 5.58. The van der Waals surface area contributed by atoms with Crippen molar-refractivity contribution in [3.05, 3.63) is 30.2 Å². The Hall–Kier alpha value is -2.20.